The van der Waals surface area contributed by atoms with Crippen LogP contribution in [0.5, 0.6) is 0 Å². The third kappa shape index (κ3) is 4.32. The van der Waals surface area contributed by atoms with E-state index >= 15 is 0 Å². The van der Waals surface area contributed by atoms with E-state index in [9.17, 15) is 13.6 Å². The highest BCUT2D eigenvalue weighted by atomic mass is 32.2. The van der Waals surface area contributed by atoms with Crippen LogP contribution in [-0.4, -0.2) is 28.6 Å². The van der Waals surface area contributed by atoms with Gasteiger partial charge in [0, 0.05) is 11.3 Å². The van der Waals surface area contributed by atoms with Gasteiger partial charge in [0.15, 0.2) is 0 Å². The second-order valence-corrected chi connectivity index (χ2v) is 4.56. The largest absolute Gasteiger partial charge is 0.480 e. The summed E-state index contributed by atoms with van der Waals surface area (Å²) in [6.07, 6.45) is 0. The summed E-state index contributed by atoms with van der Waals surface area (Å²) >= 11 is 0.836. The molecule has 0 fully saturated rings. The van der Waals surface area contributed by atoms with Crippen LogP contribution in [-0.2, 0) is 10.7 Å². The molecule has 0 aromatic heterocycles. The van der Waals surface area contributed by atoms with Crippen LogP contribution >= 0.6 is 11.8 Å². The van der Waals surface area contributed by atoms with E-state index in [1.54, 1.807) is 6.07 Å². The van der Waals surface area contributed by atoms with Crippen molar-refractivity contribution < 1.29 is 18.7 Å². The van der Waals surface area contributed by atoms with E-state index < -0.39 is 23.7 Å². The molecule has 0 aliphatic heterocycles. The zero-order chi connectivity index (χ0) is 12.9. The highest BCUT2D eigenvalue weighted by molar-refractivity contribution is 7.99. The maximum Gasteiger partial charge on any atom is 0.321 e. The molecule has 0 spiro atoms. The molecule has 1 unspecified atom stereocenters. The van der Waals surface area contributed by atoms with Crippen LogP contribution in [0.2, 0.25) is 0 Å². The molecule has 3 N–H and O–H groups in total. The Hall–Kier alpha value is -1.14. The van der Waals surface area contributed by atoms with Gasteiger partial charge in [0.05, 0.1) is 5.75 Å². The second kappa shape index (κ2) is 5.97. The van der Waals surface area contributed by atoms with Gasteiger partial charge in [-0.2, -0.15) is 11.8 Å². The summed E-state index contributed by atoms with van der Waals surface area (Å²) in [5.41, 5.74) is 5.15. The van der Waals surface area contributed by atoms with E-state index in [0.717, 1.165) is 11.8 Å². The Morgan fingerprint density at radius 1 is 1.41 bits per heavy atom. The molecular formula is C11H13F2NO2S. The first-order valence-electron chi connectivity index (χ1n) is 4.93. The summed E-state index contributed by atoms with van der Waals surface area (Å²) in [5.74, 6) is -4.65. The van der Waals surface area contributed by atoms with Gasteiger partial charge in [-0.3, -0.25) is 4.79 Å². The summed E-state index contributed by atoms with van der Waals surface area (Å²) in [7, 11) is 0. The number of carboxylic acids is 1. The number of nitrogens with two attached hydrogens (primary N) is 1. The average molecular weight is 261 g/mol. The Kier molecular flexibility index (Phi) is 4.89. The molecule has 0 saturated heterocycles. The zero-order valence-corrected chi connectivity index (χ0v) is 9.79. The molecule has 1 aromatic rings. The van der Waals surface area contributed by atoms with Gasteiger partial charge in [0.2, 0.25) is 0 Å². The molecule has 6 heteroatoms. The minimum absolute atomic E-state index is 0.0300. The van der Waals surface area contributed by atoms with E-state index in [-0.39, 0.29) is 11.3 Å². The van der Waals surface area contributed by atoms with Crippen molar-refractivity contribution in [3.05, 3.63) is 35.9 Å². The molecule has 1 aromatic carbocycles. The highest BCUT2D eigenvalue weighted by Crippen LogP contribution is 2.31. The van der Waals surface area contributed by atoms with Crippen molar-refractivity contribution >= 4 is 17.7 Å². The highest BCUT2D eigenvalue weighted by Gasteiger charge is 2.31. The lowest BCUT2D eigenvalue weighted by atomic mass is 10.1. The molecular weight excluding hydrogens is 248 g/mol. The van der Waals surface area contributed by atoms with Crippen LogP contribution in [0.4, 0.5) is 8.78 Å². The number of carbonyl (C=O) groups is 1. The normalized spacial score (nSPS) is 13.4. The number of hydrogen-bond donors (Lipinski definition) is 2. The fourth-order valence-electron chi connectivity index (χ4n) is 1.15. The molecule has 1 atom stereocenters. The number of aliphatic carboxylic acids is 1. The third-order valence-corrected chi connectivity index (χ3v) is 3.26. The number of alkyl halides is 2. The lowest BCUT2D eigenvalue weighted by Gasteiger charge is -2.16. The molecule has 17 heavy (non-hydrogen) atoms. The smallest absolute Gasteiger partial charge is 0.321 e. The van der Waals surface area contributed by atoms with Gasteiger partial charge < -0.3 is 10.8 Å². The SMILES string of the molecule is NC(CSCC(F)(F)c1ccccc1)C(=O)O. The summed E-state index contributed by atoms with van der Waals surface area (Å²) in [6, 6.07) is 6.32. The first-order valence-corrected chi connectivity index (χ1v) is 6.08. The Balaban J connectivity index is 2.48. The number of benzene rings is 1. The fourth-order valence-corrected chi connectivity index (χ4v) is 2.09. The number of thioether (sulfide) groups is 1. The van der Waals surface area contributed by atoms with Crippen molar-refractivity contribution in [1.29, 1.82) is 0 Å². The van der Waals surface area contributed by atoms with Gasteiger partial charge in [-0.05, 0) is 0 Å². The molecule has 3 nitrogen and oxygen atoms in total. The van der Waals surface area contributed by atoms with E-state index in [0.29, 0.717) is 0 Å². The number of halogens is 2. The fraction of sp³-hybridized carbons (Fsp3) is 0.364. The summed E-state index contributed by atoms with van der Waals surface area (Å²) in [6.45, 7) is 0. The molecule has 0 bridgehead atoms. The van der Waals surface area contributed by atoms with Gasteiger partial charge in [-0.1, -0.05) is 30.3 Å². The van der Waals surface area contributed by atoms with Gasteiger partial charge in [-0.25, -0.2) is 8.78 Å². The summed E-state index contributed by atoms with van der Waals surface area (Å²) in [5, 5.41) is 8.50. The molecule has 1 rings (SSSR count). The maximum atomic E-state index is 13.6. The zero-order valence-electron chi connectivity index (χ0n) is 8.98. The summed E-state index contributed by atoms with van der Waals surface area (Å²) < 4.78 is 27.2. The predicted molar refractivity (Wildman–Crippen MR) is 63.3 cm³/mol. The van der Waals surface area contributed by atoms with Crippen molar-refractivity contribution in [1.82, 2.24) is 0 Å². The molecule has 0 aliphatic carbocycles. The van der Waals surface area contributed by atoms with E-state index in [1.807, 2.05) is 0 Å². The van der Waals surface area contributed by atoms with Crippen LogP contribution in [0, 0.1) is 0 Å². The Labute approximate surface area is 102 Å². The predicted octanol–water partition coefficient (Wildman–Crippen LogP) is 1.92. The average Bonchev–Trinajstić information content (AvgIpc) is 2.29. The number of hydrogen-bond acceptors (Lipinski definition) is 3. The van der Waals surface area contributed by atoms with Crippen molar-refractivity contribution in [2.45, 2.75) is 12.0 Å². The van der Waals surface area contributed by atoms with Crippen molar-refractivity contribution in [2.24, 2.45) is 5.73 Å². The van der Waals surface area contributed by atoms with Crippen LogP contribution in [0.15, 0.2) is 30.3 Å². The molecule has 0 saturated carbocycles. The first-order chi connectivity index (χ1) is 7.93. The van der Waals surface area contributed by atoms with Gasteiger partial charge in [-0.15, -0.1) is 0 Å². The van der Waals surface area contributed by atoms with E-state index in [1.165, 1.54) is 24.3 Å². The van der Waals surface area contributed by atoms with Crippen molar-refractivity contribution in [3.8, 4) is 0 Å². The Morgan fingerprint density at radius 2 is 2.00 bits per heavy atom. The first kappa shape index (κ1) is 13.9. The maximum absolute atomic E-state index is 13.6. The van der Waals surface area contributed by atoms with Crippen molar-refractivity contribution in [2.75, 3.05) is 11.5 Å². The van der Waals surface area contributed by atoms with Gasteiger partial charge in [0.25, 0.3) is 5.92 Å². The van der Waals surface area contributed by atoms with Gasteiger partial charge >= 0.3 is 5.97 Å². The molecule has 0 aliphatic rings. The third-order valence-electron chi connectivity index (χ3n) is 2.09. The number of rotatable bonds is 6. The minimum Gasteiger partial charge on any atom is -0.480 e. The van der Waals surface area contributed by atoms with Crippen molar-refractivity contribution in [3.63, 3.8) is 0 Å². The molecule has 0 amide bonds. The minimum atomic E-state index is -2.97. The standard InChI is InChI=1S/C11H13F2NO2S/c12-11(13,8-4-2-1-3-5-8)7-17-6-9(14)10(15)16/h1-5,9H,6-7,14H2,(H,15,16). The van der Waals surface area contributed by atoms with Gasteiger partial charge in [0.1, 0.15) is 6.04 Å². The monoisotopic (exact) mass is 261 g/mol. The molecule has 0 radical (unpaired) electrons. The lowest BCUT2D eigenvalue weighted by Crippen LogP contribution is -2.33. The quantitative estimate of drug-likeness (QED) is 0.821. The topological polar surface area (TPSA) is 63.3 Å². The number of carboxylic acid groups (broad SMARTS) is 1. The lowest BCUT2D eigenvalue weighted by molar-refractivity contribution is -0.137. The summed E-state index contributed by atoms with van der Waals surface area (Å²) in [4.78, 5) is 10.4. The molecule has 94 valence electrons. The Bertz CT molecular complexity index is 373. The van der Waals surface area contributed by atoms with E-state index in [2.05, 4.69) is 0 Å². The van der Waals surface area contributed by atoms with Crippen LogP contribution in [0.25, 0.3) is 0 Å². The molecule has 0 heterocycles. The van der Waals surface area contributed by atoms with Crippen LogP contribution in [0.1, 0.15) is 5.56 Å². The van der Waals surface area contributed by atoms with Crippen LogP contribution in [0.3, 0.4) is 0 Å². The second-order valence-electron chi connectivity index (χ2n) is 3.53. The van der Waals surface area contributed by atoms with Crippen LogP contribution < -0.4 is 5.73 Å². The van der Waals surface area contributed by atoms with E-state index in [4.69, 9.17) is 10.8 Å². The Morgan fingerprint density at radius 3 is 2.53 bits per heavy atom.